The maximum atomic E-state index is 12.1. The number of carbonyl (C=O) groups is 1. The minimum atomic E-state index is -0.924. The predicted octanol–water partition coefficient (Wildman–Crippen LogP) is 2.50. The van der Waals surface area contributed by atoms with Crippen molar-refractivity contribution in [1.29, 1.82) is 0 Å². The minimum Gasteiger partial charge on any atom is -0.375 e. The Bertz CT molecular complexity index is 417. The van der Waals surface area contributed by atoms with E-state index >= 15 is 0 Å². The number of alkyl halides is 1. The molecule has 1 aliphatic heterocycles. The van der Waals surface area contributed by atoms with Crippen molar-refractivity contribution >= 4 is 17.4 Å². The van der Waals surface area contributed by atoms with Gasteiger partial charge in [-0.05, 0) is 18.4 Å². The van der Waals surface area contributed by atoms with Crippen LogP contribution in [-0.2, 0) is 14.4 Å². The molecule has 1 saturated heterocycles. The van der Waals surface area contributed by atoms with Crippen molar-refractivity contribution in [2.45, 2.75) is 23.8 Å². The van der Waals surface area contributed by atoms with Gasteiger partial charge < -0.3 is 4.74 Å². The molecule has 3 atom stereocenters. The van der Waals surface area contributed by atoms with Gasteiger partial charge in [-0.2, -0.15) is 0 Å². The SMILES string of the molecule is O=C1C2CCCOC2[C@]1(Cl)c1ccccc1. The van der Waals surface area contributed by atoms with Gasteiger partial charge in [-0.3, -0.25) is 4.79 Å². The molecule has 1 aliphatic carbocycles. The Kier molecular flexibility index (Phi) is 2.30. The van der Waals surface area contributed by atoms with E-state index in [1.165, 1.54) is 0 Å². The van der Waals surface area contributed by atoms with E-state index in [1.807, 2.05) is 30.3 Å². The Balaban J connectivity index is 1.97. The van der Waals surface area contributed by atoms with Crippen LogP contribution < -0.4 is 0 Å². The van der Waals surface area contributed by atoms with Crippen LogP contribution in [0.2, 0.25) is 0 Å². The van der Waals surface area contributed by atoms with Crippen molar-refractivity contribution in [3.8, 4) is 0 Å². The third-order valence-electron chi connectivity index (χ3n) is 3.60. The van der Waals surface area contributed by atoms with Gasteiger partial charge in [0, 0.05) is 12.5 Å². The number of ketones is 1. The van der Waals surface area contributed by atoms with Crippen LogP contribution in [0.3, 0.4) is 0 Å². The Hall–Kier alpha value is -0.860. The van der Waals surface area contributed by atoms with Crippen LogP contribution in [-0.4, -0.2) is 18.5 Å². The van der Waals surface area contributed by atoms with E-state index < -0.39 is 4.87 Å². The summed E-state index contributed by atoms with van der Waals surface area (Å²) in [5, 5.41) is 0. The van der Waals surface area contributed by atoms with Gasteiger partial charge in [-0.25, -0.2) is 0 Å². The average molecular weight is 237 g/mol. The zero-order valence-corrected chi connectivity index (χ0v) is 9.61. The number of fused-ring (bicyclic) bond motifs is 1. The van der Waals surface area contributed by atoms with Crippen molar-refractivity contribution in [3.05, 3.63) is 35.9 Å². The molecule has 3 heteroatoms. The quantitative estimate of drug-likeness (QED) is 0.701. The fourth-order valence-corrected chi connectivity index (χ4v) is 3.22. The van der Waals surface area contributed by atoms with E-state index in [0.29, 0.717) is 0 Å². The molecule has 1 aromatic carbocycles. The smallest absolute Gasteiger partial charge is 0.166 e. The van der Waals surface area contributed by atoms with Gasteiger partial charge in [0.1, 0.15) is 0 Å². The summed E-state index contributed by atoms with van der Waals surface area (Å²) in [7, 11) is 0. The number of carbonyl (C=O) groups excluding carboxylic acids is 1. The minimum absolute atomic E-state index is 0.0199. The van der Waals surface area contributed by atoms with Crippen LogP contribution in [0, 0.1) is 5.92 Å². The molecule has 2 fully saturated rings. The number of benzene rings is 1. The number of Topliss-reactive ketones (excluding diaryl/α,β-unsaturated/α-hetero) is 1. The summed E-state index contributed by atoms with van der Waals surface area (Å²) < 4.78 is 5.66. The molecule has 0 spiro atoms. The molecule has 84 valence electrons. The molecule has 0 radical (unpaired) electrons. The largest absolute Gasteiger partial charge is 0.375 e. The van der Waals surface area contributed by atoms with Gasteiger partial charge in [0.15, 0.2) is 10.7 Å². The van der Waals surface area contributed by atoms with E-state index in [2.05, 4.69) is 0 Å². The summed E-state index contributed by atoms with van der Waals surface area (Å²) >= 11 is 6.48. The van der Waals surface area contributed by atoms with E-state index in [4.69, 9.17) is 16.3 Å². The molecular weight excluding hydrogens is 224 g/mol. The zero-order chi connectivity index (χ0) is 11.2. The number of ether oxygens (including phenoxy) is 1. The van der Waals surface area contributed by atoms with Gasteiger partial charge in [-0.1, -0.05) is 30.3 Å². The molecule has 2 aliphatic rings. The average Bonchev–Trinajstić information content (AvgIpc) is 2.38. The molecule has 0 N–H and O–H groups in total. The Labute approximate surface area is 99.6 Å². The highest BCUT2D eigenvalue weighted by molar-refractivity contribution is 6.38. The summed E-state index contributed by atoms with van der Waals surface area (Å²) in [5.74, 6) is 0.150. The molecule has 16 heavy (non-hydrogen) atoms. The summed E-state index contributed by atoms with van der Waals surface area (Å²) in [6.45, 7) is 0.718. The normalized spacial score (nSPS) is 37.7. The van der Waals surface area contributed by atoms with E-state index in [1.54, 1.807) is 0 Å². The van der Waals surface area contributed by atoms with Crippen LogP contribution in [0.5, 0.6) is 0 Å². The van der Waals surface area contributed by atoms with E-state index in [-0.39, 0.29) is 17.8 Å². The fourth-order valence-electron chi connectivity index (χ4n) is 2.74. The summed E-state index contributed by atoms with van der Waals surface area (Å²) in [6, 6.07) is 9.54. The van der Waals surface area contributed by atoms with Crippen LogP contribution in [0.1, 0.15) is 18.4 Å². The lowest BCUT2D eigenvalue weighted by atomic mass is 9.64. The first kappa shape index (κ1) is 10.3. The second kappa shape index (κ2) is 3.57. The topological polar surface area (TPSA) is 26.3 Å². The predicted molar refractivity (Wildman–Crippen MR) is 61.4 cm³/mol. The Morgan fingerprint density at radius 1 is 1.31 bits per heavy atom. The van der Waals surface area contributed by atoms with E-state index in [0.717, 1.165) is 25.0 Å². The first-order valence-electron chi connectivity index (χ1n) is 5.65. The molecule has 3 rings (SSSR count). The van der Waals surface area contributed by atoms with Crippen molar-refractivity contribution < 1.29 is 9.53 Å². The highest BCUT2D eigenvalue weighted by atomic mass is 35.5. The number of rotatable bonds is 1. The molecule has 2 nitrogen and oxygen atoms in total. The summed E-state index contributed by atoms with van der Waals surface area (Å²) in [4.78, 5) is 11.2. The summed E-state index contributed by atoms with van der Waals surface area (Å²) in [5.41, 5.74) is 0.866. The van der Waals surface area contributed by atoms with Gasteiger partial charge in [0.05, 0.1) is 6.10 Å². The van der Waals surface area contributed by atoms with Crippen molar-refractivity contribution in [1.82, 2.24) is 0 Å². The summed E-state index contributed by atoms with van der Waals surface area (Å²) in [6.07, 6.45) is 1.76. The standard InChI is InChI=1S/C13H13ClO2/c14-13(9-5-2-1-3-6-9)11(15)10-7-4-8-16-12(10)13/h1-3,5-6,10,12H,4,7-8H2/t10?,12?,13-/m0/s1. The van der Waals surface area contributed by atoms with Crippen LogP contribution in [0.15, 0.2) is 30.3 Å². The molecule has 0 bridgehead atoms. The molecular formula is C13H13ClO2. The molecule has 1 aromatic rings. The van der Waals surface area contributed by atoms with Crippen molar-refractivity contribution in [3.63, 3.8) is 0 Å². The first-order valence-corrected chi connectivity index (χ1v) is 6.03. The van der Waals surface area contributed by atoms with Gasteiger partial charge >= 0.3 is 0 Å². The third kappa shape index (κ3) is 1.20. The highest BCUT2D eigenvalue weighted by Crippen LogP contribution is 2.52. The van der Waals surface area contributed by atoms with Crippen molar-refractivity contribution in [2.75, 3.05) is 6.61 Å². The van der Waals surface area contributed by atoms with Gasteiger partial charge in [-0.15, -0.1) is 11.6 Å². The molecule has 0 aromatic heterocycles. The Morgan fingerprint density at radius 3 is 2.81 bits per heavy atom. The van der Waals surface area contributed by atoms with Crippen LogP contribution in [0.25, 0.3) is 0 Å². The van der Waals surface area contributed by atoms with Gasteiger partial charge in [0.25, 0.3) is 0 Å². The monoisotopic (exact) mass is 236 g/mol. The first-order chi connectivity index (χ1) is 7.74. The number of hydrogen-bond donors (Lipinski definition) is 0. The molecule has 1 heterocycles. The number of hydrogen-bond acceptors (Lipinski definition) is 2. The van der Waals surface area contributed by atoms with E-state index in [9.17, 15) is 4.79 Å². The second-order valence-corrected chi connectivity index (χ2v) is 5.08. The number of halogens is 1. The lowest BCUT2D eigenvalue weighted by molar-refractivity contribution is -0.163. The molecule has 0 amide bonds. The van der Waals surface area contributed by atoms with Crippen molar-refractivity contribution in [2.24, 2.45) is 5.92 Å². The second-order valence-electron chi connectivity index (χ2n) is 4.48. The maximum Gasteiger partial charge on any atom is 0.166 e. The molecule has 1 saturated carbocycles. The zero-order valence-electron chi connectivity index (χ0n) is 8.86. The Morgan fingerprint density at radius 2 is 2.06 bits per heavy atom. The fraction of sp³-hybridized carbons (Fsp3) is 0.462. The van der Waals surface area contributed by atoms with Crippen LogP contribution in [0.4, 0.5) is 0 Å². The van der Waals surface area contributed by atoms with Crippen LogP contribution >= 0.6 is 11.6 Å². The third-order valence-corrected chi connectivity index (χ3v) is 4.22. The molecule has 2 unspecified atom stereocenters. The lowest BCUT2D eigenvalue weighted by Gasteiger charge is -2.51. The van der Waals surface area contributed by atoms with Gasteiger partial charge in [0.2, 0.25) is 0 Å². The highest BCUT2D eigenvalue weighted by Gasteiger charge is 2.63. The maximum absolute atomic E-state index is 12.1. The lowest BCUT2D eigenvalue weighted by Crippen LogP contribution is -2.64.